The zero-order valence-electron chi connectivity index (χ0n) is 12.2. The first-order chi connectivity index (χ1) is 10.1. The second kappa shape index (κ2) is 7.11. The van der Waals surface area contributed by atoms with Crippen LogP contribution in [0.15, 0.2) is 24.3 Å². The van der Waals surface area contributed by atoms with E-state index in [0.717, 1.165) is 24.2 Å². The molecule has 21 heavy (non-hydrogen) atoms. The average Bonchev–Trinajstić information content (AvgIpc) is 2.93. The van der Waals surface area contributed by atoms with Crippen LogP contribution in [0.3, 0.4) is 0 Å². The van der Waals surface area contributed by atoms with Crippen molar-refractivity contribution in [1.82, 2.24) is 5.32 Å². The molecule has 5 heteroatoms. The van der Waals surface area contributed by atoms with Gasteiger partial charge in [-0.1, -0.05) is 24.6 Å². The third kappa shape index (κ3) is 3.97. The lowest BCUT2D eigenvalue weighted by atomic mass is 10.0. The summed E-state index contributed by atoms with van der Waals surface area (Å²) in [5.41, 5.74) is 0.983. The number of aryl methyl sites for hydroxylation is 1. The molecular weight excluding hydrogens is 270 g/mol. The van der Waals surface area contributed by atoms with Crippen LogP contribution >= 0.6 is 0 Å². The van der Waals surface area contributed by atoms with Gasteiger partial charge in [0.25, 0.3) is 0 Å². The number of hydrogen-bond acceptors (Lipinski definition) is 3. The van der Waals surface area contributed by atoms with Crippen LogP contribution in [-0.4, -0.2) is 30.1 Å². The van der Waals surface area contributed by atoms with Gasteiger partial charge < -0.3 is 15.2 Å². The minimum absolute atomic E-state index is 0.0981. The Morgan fingerprint density at radius 2 is 2.10 bits per heavy atom. The van der Waals surface area contributed by atoms with E-state index in [1.165, 1.54) is 0 Å². The summed E-state index contributed by atoms with van der Waals surface area (Å²) in [5, 5.41) is 12.0. The normalized spacial score (nSPS) is 21.0. The van der Waals surface area contributed by atoms with E-state index >= 15 is 0 Å². The van der Waals surface area contributed by atoms with Crippen LogP contribution in [0.25, 0.3) is 0 Å². The molecule has 1 aliphatic carbocycles. The Morgan fingerprint density at radius 1 is 1.33 bits per heavy atom. The molecule has 0 heterocycles. The predicted octanol–water partition coefficient (Wildman–Crippen LogP) is 2.00. The van der Waals surface area contributed by atoms with E-state index in [9.17, 15) is 9.59 Å². The second-order valence-electron chi connectivity index (χ2n) is 5.36. The smallest absolute Gasteiger partial charge is 0.308 e. The molecule has 0 saturated heterocycles. The Labute approximate surface area is 124 Å². The predicted molar refractivity (Wildman–Crippen MR) is 78.2 cm³/mol. The Bertz CT molecular complexity index is 515. The van der Waals surface area contributed by atoms with E-state index in [4.69, 9.17) is 9.84 Å². The molecule has 0 radical (unpaired) electrons. The number of carbonyl (C=O) groups excluding carboxylic acids is 1. The van der Waals surface area contributed by atoms with Gasteiger partial charge in [-0.3, -0.25) is 9.59 Å². The number of benzene rings is 1. The maximum absolute atomic E-state index is 12.0. The number of rotatable bonds is 6. The summed E-state index contributed by atoms with van der Waals surface area (Å²) in [7, 11) is 1.61. The Kier molecular flexibility index (Phi) is 5.20. The van der Waals surface area contributed by atoms with E-state index in [2.05, 4.69) is 5.32 Å². The van der Waals surface area contributed by atoms with Crippen molar-refractivity contribution in [3.8, 4) is 5.75 Å². The first-order valence-electron chi connectivity index (χ1n) is 7.26. The van der Waals surface area contributed by atoms with Crippen LogP contribution < -0.4 is 10.1 Å². The molecule has 5 nitrogen and oxygen atoms in total. The zero-order chi connectivity index (χ0) is 15.2. The lowest BCUT2D eigenvalue weighted by Crippen LogP contribution is -2.40. The summed E-state index contributed by atoms with van der Waals surface area (Å²) in [6.07, 6.45) is 3.17. The van der Waals surface area contributed by atoms with Crippen LogP contribution in [0.4, 0.5) is 0 Å². The largest absolute Gasteiger partial charge is 0.496 e. The molecule has 1 aromatic rings. The number of hydrogen-bond donors (Lipinski definition) is 2. The van der Waals surface area contributed by atoms with E-state index in [1.807, 2.05) is 24.3 Å². The van der Waals surface area contributed by atoms with Crippen LogP contribution in [-0.2, 0) is 16.0 Å². The second-order valence-corrected chi connectivity index (χ2v) is 5.36. The number of carboxylic acid groups (broad SMARTS) is 1. The van der Waals surface area contributed by atoms with Crippen LogP contribution in [0.5, 0.6) is 5.75 Å². The molecule has 2 atom stereocenters. The fourth-order valence-corrected chi connectivity index (χ4v) is 2.87. The zero-order valence-corrected chi connectivity index (χ0v) is 12.2. The lowest BCUT2D eigenvalue weighted by molar-refractivity contribution is -0.142. The van der Waals surface area contributed by atoms with Gasteiger partial charge >= 0.3 is 5.97 Å². The highest BCUT2D eigenvalue weighted by molar-refractivity contribution is 5.78. The third-order valence-corrected chi connectivity index (χ3v) is 3.99. The first kappa shape index (κ1) is 15.4. The molecular formula is C16H21NO4. The summed E-state index contributed by atoms with van der Waals surface area (Å²) >= 11 is 0. The maximum atomic E-state index is 12.0. The van der Waals surface area contributed by atoms with Crippen molar-refractivity contribution in [2.75, 3.05) is 7.11 Å². The Morgan fingerprint density at radius 3 is 2.81 bits per heavy atom. The SMILES string of the molecule is COc1ccccc1CCC(=O)N[C@@H]1CCC[C@@H]1C(=O)O. The summed E-state index contributed by atoms with van der Waals surface area (Å²) in [6, 6.07) is 7.37. The molecule has 0 aliphatic heterocycles. The fourth-order valence-electron chi connectivity index (χ4n) is 2.87. The number of para-hydroxylation sites is 1. The molecule has 1 saturated carbocycles. The highest BCUT2D eigenvalue weighted by atomic mass is 16.5. The number of amides is 1. The van der Waals surface area contributed by atoms with Gasteiger partial charge in [0, 0.05) is 12.5 Å². The van der Waals surface area contributed by atoms with Crippen molar-refractivity contribution < 1.29 is 19.4 Å². The summed E-state index contributed by atoms with van der Waals surface area (Å²) < 4.78 is 5.25. The molecule has 0 bridgehead atoms. The van der Waals surface area contributed by atoms with Crippen molar-refractivity contribution in [1.29, 1.82) is 0 Å². The summed E-state index contributed by atoms with van der Waals surface area (Å²) in [5.74, 6) is -0.587. The maximum Gasteiger partial charge on any atom is 0.308 e. The van der Waals surface area contributed by atoms with Crippen molar-refractivity contribution in [3.05, 3.63) is 29.8 Å². The van der Waals surface area contributed by atoms with Gasteiger partial charge in [0.15, 0.2) is 0 Å². The van der Waals surface area contributed by atoms with Crippen LogP contribution in [0.1, 0.15) is 31.2 Å². The number of ether oxygens (including phenoxy) is 1. The van der Waals surface area contributed by atoms with Gasteiger partial charge in [0.2, 0.25) is 5.91 Å². The minimum atomic E-state index is -0.817. The topological polar surface area (TPSA) is 75.6 Å². The lowest BCUT2D eigenvalue weighted by Gasteiger charge is -2.17. The van der Waals surface area contributed by atoms with E-state index in [0.29, 0.717) is 19.3 Å². The Balaban J connectivity index is 1.86. The highest BCUT2D eigenvalue weighted by Gasteiger charge is 2.33. The third-order valence-electron chi connectivity index (χ3n) is 3.99. The van der Waals surface area contributed by atoms with Gasteiger partial charge in [-0.05, 0) is 30.9 Å². The number of nitrogens with one attached hydrogen (secondary N) is 1. The van der Waals surface area contributed by atoms with E-state index in [1.54, 1.807) is 7.11 Å². The van der Waals surface area contributed by atoms with Gasteiger partial charge in [-0.2, -0.15) is 0 Å². The molecule has 114 valence electrons. The molecule has 1 amide bonds. The van der Waals surface area contributed by atoms with Gasteiger partial charge in [0.1, 0.15) is 5.75 Å². The van der Waals surface area contributed by atoms with Gasteiger partial charge in [-0.25, -0.2) is 0 Å². The van der Waals surface area contributed by atoms with Crippen molar-refractivity contribution in [2.45, 2.75) is 38.1 Å². The van der Waals surface area contributed by atoms with Crippen molar-refractivity contribution in [3.63, 3.8) is 0 Å². The highest BCUT2D eigenvalue weighted by Crippen LogP contribution is 2.26. The molecule has 1 aromatic carbocycles. The average molecular weight is 291 g/mol. The number of methoxy groups -OCH3 is 1. The quantitative estimate of drug-likeness (QED) is 0.840. The minimum Gasteiger partial charge on any atom is -0.496 e. The molecule has 2 rings (SSSR count). The molecule has 1 aliphatic rings. The first-order valence-corrected chi connectivity index (χ1v) is 7.26. The monoisotopic (exact) mass is 291 g/mol. The van der Waals surface area contributed by atoms with E-state index < -0.39 is 11.9 Å². The van der Waals surface area contributed by atoms with E-state index in [-0.39, 0.29) is 11.9 Å². The van der Waals surface area contributed by atoms with Gasteiger partial charge in [-0.15, -0.1) is 0 Å². The fraction of sp³-hybridized carbons (Fsp3) is 0.500. The molecule has 0 spiro atoms. The molecule has 0 unspecified atom stereocenters. The molecule has 0 aromatic heterocycles. The Hall–Kier alpha value is -2.04. The molecule has 1 fully saturated rings. The van der Waals surface area contributed by atoms with Crippen molar-refractivity contribution in [2.24, 2.45) is 5.92 Å². The number of aliphatic carboxylic acids is 1. The van der Waals surface area contributed by atoms with Crippen LogP contribution in [0, 0.1) is 5.92 Å². The summed E-state index contributed by atoms with van der Waals surface area (Å²) in [6.45, 7) is 0. The number of carboxylic acids is 1. The molecule has 2 N–H and O–H groups in total. The van der Waals surface area contributed by atoms with Crippen LogP contribution in [0.2, 0.25) is 0 Å². The summed E-state index contributed by atoms with van der Waals surface area (Å²) in [4.78, 5) is 23.1. The standard InChI is InChI=1S/C16H21NO4/c1-21-14-8-3-2-5-11(14)9-10-15(18)17-13-7-4-6-12(13)16(19)20/h2-3,5,8,12-13H,4,6-7,9-10H2,1H3,(H,17,18)(H,19,20)/t12-,13+/m0/s1. The number of carbonyl (C=O) groups is 2. The van der Waals surface area contributed by atoms with Crippen molar-refractivity contribution >= 4 is 11.9 Å². The van der Waals surface area contributed by atoms with Gasteiger partial charge in [0.05, 0.1) is 13.0 Å².